The summed E-state index contributed by atoms with van der Waals surface area (Å²) in [7, 11) is 0. The molecule has 0 radical (unpaired) electrons. The first-order valence-electron chi connectivity index (χ1n) is 7.04. The van der Waals surface area contributed by atoms with Crippen LogP contribution in [0.3, 0.4) is 0 Å². The number of likely N-dealkylation sites (tertiary alicyclic amines) is 1. The molecule has 1 saturated heterocycles. The summed E-state index contributed by atoms with van der Waals surface area (Å²) >= 11 is 3.86. The summed E-state index contributed by atoms with van der Waals surface area (Å²) in [6.45, 7) is 1.42. The normalized spacial score (nSPS) is 26.5. The standard InChI is InChI=1S/C14H18N2O5S/c1-7(11(17)15-10(6-22)14(20)21)16-12(18)8-4-2-3-5-9(8)13(16)19/h2-3,7-10,22H,4-6H2,1H3,(H,15,17)(H,20,21)/t7-,8?,9?,10-/m0/s1. The Balaban J connectivity index is 2.10. The summed E-state index contributed by atoms with van der Waals surface area (Å²) in [5, 5.41) is 11.2. The van der Waals surface area contributed by atoms with E-state index in [1.54, 1.807) is 0 Å². The maximum Gasteiger partial charge on any atom is 0.327 e. The monoisotopic (exact) mass is 326 g/mol. The molecular weight excluding hydrogens is 308 g/mol. The van der Waals surface area contributed by atoms with E-state index in [1.807, 2.05) is 12.2 Å². The van der Waals surface area contributed by atoms with Gasteiger partial charge in [0.25, 0.3) is 0 Å². The first-order valence-corrected chi connectivity index (χ1v) is 7.67. The van der Waals surface area contributed by atoms with Crippen LogP contribution in [0.1, 0.15) is 19.8 Å². The molecule has 0 aromatic carbocycles. The molecule has 3 amide bonds. The van der Waals surface area contributed by atoms with Gasteiger partial charge in [0.05, 0.1) is 11.8 Å². The van der Waals surface area contributed by atoms with Crippen LogP contribution in [-0.4, -0.2) is 51.5 Å². The molecule has 8 heteroatoms. The summed E-state index contributed by atoms with van der Waals surface area (Å²) in [5.74, 6) is -3.51. The highest BCUT2D eigenvalue weighted by Crippen LogP contribution is 2.36. The number of allylic oxidation sites excluding steroid dienone is 2. The zero-order chi connectivity index (χ0) is 16.4. The summed E-state index contributed by atoms with van der Waals surface area (Å²) in [6.07, 6.45) is 4.72. The number of thiol groups is 1. The Morgan fingerprint density at radius 3 is 2.23 bits per heavy atom. The third kappa shape index (κ3) is 2.87. The number of nitrogens with zero attached hydrogens (tertiary/aromatic N) is 1. The summed E-state index contributed by atoms with van der Waals surface area (Å²) < 4.78 is 0. The first-order chi connectivity index (χ1) is 10.4. The van der Waals surface area contributed by atoms with Crippen LogP contribution >= 0.6 is 12.6 Å². The maximum absolute atomic E-state index is 12.3. The lowest BCUT2D eigenvalue weighted by Crippen LogP contribution is -2.52. The van der Waals surface area contributed by atoms with Crippen LogP contribution < -0.4 is 5.32 Å². The number of imide groups is 1. The van der Waals surface area contributed by atoms with Crippen LogP contribution in [0.4, 0.5) is 0 Å². The predicted octanol–water partition coefficient (Wildman–Crippen LogP) is -0.175. The van der Waals surface area contributed by atoms with Crippen molar-refractivity contribution in [2.24, 2.45) is 11.8 Å². The smallest absolute Gasteiger partial charge is 0.327 e. The first kappa shape index (κ1) is 16.5. The number of fused-ring (bicyclic) bond motifs is 1. The molecule has 1 aliphatic heterocycles. The molecule has 0 bridgehead atoms. The molecule has 1 heterocycles. The molecular formula is C14H18N2O5S. The number of hydrogen-bond acceptors (Lipinski definition) is 5. The van der Waals surface area contributed by atoms with Gasteiger partial charge >= 0.3 is 5.97 Å². The van der Waals surface area contributed by atoms with Crippen molar-refractivity contribution in [1.82, 2.24) is 10.2 Å². The van der Waals surface area contributed by atoms with E-state index in [1.165, 1.54) is 6.92 Å². The molecule has 0 saturated carbocycles. The van der Waals surface area contributed by atoms with Gasteiger partial charge < -0.3 is 10.4 Å². The highest BCUT2D eigenvalue weighted by atomic mass is 32.1. The number of nitrogens with one attached hydrogen (secondary N) is 1. The minimum atomic E-state index is -1.22. The Hall–Kier alpha value is -1.83. The van der Waals surface area contributed by atoms with Crippen LogP contribution in [0, 0.1) is 11.8 Å². The lowest BCUT2D eigenvalue weighted by molar-refractivity contribution is -0.148. The zero-order valence-corrected chi connectivity index (χ0v) is 13.0. The summed E-state index contributed by atoms with van der Waals surface area (Å²) in [5.41, 5.74) is 0. The third-order valence-corrected chi connectivity index (χ3v) is 4.47. The summed E-state index contributed by atoms with van der Waals surface area (Å²) in [6, 6.07) is -2.19. The van der Waals surface area contributed by atoms with Gasteiger partial charge in [-0.3, -0.25) is 19.3 Å². The molecule has 0 aromatic heterocycles. The fraction of sp³-hybridized carbons (Fsp3) is 0.571. The van der Waals surface area contributed by atoms with Gasteiger partial charge in [0.15, 0.2) is 0 Å². The molecule has 7 nitrogen and oxygen atoms in total. The molecule has 120 valence electrons. The molecule has 2 unspecified atom stereocenters. The lowest BCUT2D eigenvalue weighted by Gasteiger charge is -2.23. The van der Waals surface area contributed by atoms with Gasteiger partial charge in [-0.2, -0.15) is 12.6 Å². The molecule has 2 aliphatic rings. The van der Waals surface area contributed by atoms with Gasteiger partial charge in [0.1, 0.15) is 12.1 Å². The Labute approximate surface area is 133 Å². The van der Waals surface area contributed by atoms with E-state index >= 15 is 0 Å². The minimum Gasteiger partial charge on any atom is -0.480 e. The van der Waals surface area contributed by atoms with E-state index < -0.39 is 35.8 Å². The summed E-state index contributed by atoms with van der Waals surface area (Å²) in [4.78, 5) is 48.7. The minimum absolute atomic E-state index is 0.0785. The van der Waals surface area contributed by atoms with Crippen LogP contribution in [0.15, 0.2) is 12.2 Å². The van der Waals surface area contributed by atoms with Gasteiger partial charge in [0.2, 0.25) is 17.7 Å². The topological polar surface area (TPSA) is 104 Å². The lowest BCUT2D eigenvalue weighted by atomic mass is 9.85. The van der Waals surface area contributed by atoms with Crippen LogP contribution in [0.2, 0.25) is 0 Å². The molecule has 4 atom stereocenters. The number of amides is 3. The third-order valence-electron chi connectivity index (χ3n) is 4.11. The largest absolute Gasteiger partial charge is 0.480 e. The average Bonchev–Trinajstić information content (AvgIpc) is 2.75. The van der Waals surface area contributed by atoms with E-state index in [0.717, 1.165) is 4.90 Å². The fourth-order valence-electron chi connectivity index (χ4n) is 2.80. The van der Waals surface area contributed by atoms with Crippen molar-refractivity contribution >= 4 is 36.3 Å². The van der Waals surface area contributed by atoms with Crippen LogP contribution in [-0.2, 0) is 19.2 Å². The fourth-order valence-corrected chi connectivity index (χ4v) is 3.05. The van der Waals surface area contributed by atoms with Gasteiger partial charge in [-0.1, -0.05) is 12.2 Å². The molecule has 0 aromatic rings. The molecule has 2 N–H and O–H groups in total. The van der Waals surface area contributed by atoms with Crippen LogP contribution in [0.5, 0.6) is 0 Å². The number of carbonyl (C=O) groups excluding carboxylic acids is 3. The number of hydrogen-bond donors (Lipinski definition) is 3. The Morgan fingerprint density at radius 1 is 1.32 bits per heavy atom. The van der Waals surface area contributed by atoms with E-state index in [2.05, 4.69) is 17.9 Å². The molecule has 1 aliphatic carbocycles. The predicted molar refractivity (Wildman–Crippen MR) is 80.1 cm³/mol. The Kier molecular flexibility index (Phi) is 4.90. The van der Waals surface area contributed by atoms with Crippen LogP contribution in [0.25, 0.3) is 0 Å². The maximum atomic E-state index is 12.3. The highest BCUT2D eigenvalue weighted by molar-refractivity contribution is 7.80. The number of carbonyl (C=O) groups is 4. The highest BCUT2D eigenvalue weighted by Gasteiger charge is 2.50. The number of rotatable bonds is 5. The van der Waals surface area contributed by atoms with Gasteiger partial charge in [0, 0.05) is 5.75 Å². The molecule has 2 rings (SSSR count). The molecule has 0 spiro atoms. The quantitative estimate of drug-likeness (QED) is 0.369. The average molecular weight is 326 g/mol. The molecule has 22 heavy (non-hydrogen) atoms. The second-order valence-electron chi connectivity index (χ2n) is 5.46. The van der Waals surface area contributed by atoms with Crippen molar-refractivity contribution < 1.29 is 24.3 Å². The SMILES string of the molecule is C[C@@H](C(=O)N[C@@H](CS)C(=O)O)N1C(=O)C2CC=CCC2C1=O. The second kappa shape index (κ2) is 6.51. The zero-order valence-electron chi connectivity index (χ0n) is 12.1. The van der Waals surface area contributed by atoms with Crippen molar-refractivity contribution in [1.29, 1.82) is 0 Å². The van der Waals surface area contributed by atoms with Crippen molar-refractivity contribution in [2.45, 2.75) is 31.8 Å². The van der Waals surface area contributed by atoms with Crippen molar-refractivity contribution in [2.75, 3.05) is 5.75 Å². The van der Waals surface area contributed by atoms with E-state index in [4.69, 9.17) is 5.11 Å². The van der Waals surface area contributed by atoms with Crippen molar-refractivity contribution in [3.05, 3.63) is 12.2 Å². The number of carboxylic acid groups (broad SMARTS) is 1. The van der Waals surface area contributed by atoms with Crippen molar-refractivity contribution in [3.8, 4) is 0 Å². The Morgan fingerprint density at radius 2 is 1.82 bits per heavy atom. The van der Waals surface area contributed by atoms with Gasteiger partial charge in [-0.25, -0.2) is 4.79 Å². The van der Waals surface area contributed by atoms with Gasteiger partial charge in [-0.05, 0) is 19.8 Å². The second-order valence-corrected chi connectivity index (χ2v) is 5.83. The van der Waals surface area contributed by atoms with E-state index in [-0.39, 0.29) is 17.6 Å². The van der Waals surface area contributed by atoms with Crippen molar-refractivity contribution in [3.63, 3.8) is 0 Å². The number of carboxylic acids is 1. The van der Waals surface area contributed by atoms with E-state index in [9.17, 15) is 19.2 Å². The van der Waals surface area contributed by atoms with Gasteiger partial charge in [-0.15, -0.1) is 0 Å². The van der Waals surface area contributed by atoms with E-state index in [0.29, 0.717) is 12.8 Å². The molecule has 1 fully saturated rings. The Bertz CT molecular complexity index is 521. The number of aliphatic carboxylic acids is 1.